The van der Waals surface area contributed by atoms with Crippen molar-refractivity contribution in [2.75, 3.05) is 0 Å². The first-order chi connectivity index (χ1) is 13.8. The van der Waals surface area contributed by atoms with Crippen molar-refractivity contribution in [2.45, 2.75) is 44.7 Å². The molecule has 4 heteroatoms. The molecule has 2 heterocycles. The summed E-state index contributed by atoms with van der Waals surface area (Å²) in [7, 11) is 0. The molecule has 0 spiro atoms. The van der Waals surface area contributed by atoms with Crippen LogP contribution in [0.1, 0.15) is 37.7 Å². The number of hydrogen-bond acceptors (Lipinski definition) is 2. The number of fused-ring (bicyclic) bond motifs is 2. The lowest BCUT2D eigenvalue weighted by atomic mass is 9.95. The lowest BCUT2D eigenvalue weighted by Gasteiger charge is -2.22. The Morgan fingerprint density at radius 3 is 2.57 bits per heavy atom. The lowest BCUT2D eigenvalue weighted by molar-refractivity contribution is 0.372. The third kappa shape index (κ3) is 3.36. The van der Waals surface area contributed by atoms with Gasteiger partial charge in [-0.25, -0.2) is 0 Å². The number of H-pyrrole nitrogens is 2. The normalized spacial score (nSPS) is 15.4. The maximum atomic E-state index is 12.6. The molecule has 2 aromatic heterocycles. The van der Waals surface area contributed by atoms with Gasteiger partial charge in [-0.1, -0.05) is 43.5 Å². The Labute approximate surface area is 164 Å². The molecule has 0 atom stereocenters. The van der Waals surface area contributed by atoms with Crippen LogP contribution < -0.4 is 10.9 Å². The van der Waals surface area contributed by atoms with Gasteiger partial charge in [-0.15, -0.1) is 0 Å². The molecule has 0 amide bonds. The quantitative estimate of drug-likeness (QED) is 0.467. The summed E-state index contributed by atoms with van der Waals surface area (Å²) in [4.78, 5) is 19.0. The van der Waals surface area contributed by atoms with Gasteiger partial charge in [-0.2, -0.15) is 0 Å². The van der Waals surface area contributed by atoms with Crippen LogP contribution in [-0.2, 0) is 6.54 Å². The van der Waals surface area contributed by atoms with Crippen molar-refractivity contribution in [3.8, 4) is 11.3 Å². The molecular formula is C24H25N3O. The minimum absolute atomic E-state index is 0.0653. The van der Waals surface area contributed by atoms with Crippen LogP contribution in [0, 0.1) is 0 Å². The van der Waals surface area contributed by atoms with E-state index in [0.29, 0.717) is 11.6 Å². The van der Waals surface area contributed by atoms with E-state index in [0.717, 1.165) is 34.0 Å². The molecule has 0 saturated heterocycles. The van der Waals surface area contributed by atoms with Crippen LogP contribution in [0.15, 0.2) is 59.4 Å². The fourth-order valence-corrected chi connectivity index (χ4v) is 4.35. The predicted octanol–water partition coefficient (Wildman–Crippen LogP) is 5.10. The van der Waals surface area contributed by atoms with Crippen molar-refractivity contribution in [2.24, 2.45) is 0 Å². The van der Waals surface area contributed by atoms with Crippen LogP contribution >= 0.6 is 0 Å². The number of para-hydroxylation sites is 1. The van der Waals surface area contributed by atoms with Gasteiger partial charge < -0.3 is 15.3 Å². The second-order valence-electron chi connectivity index (χ2n) is 7.92. The Kier molecular flexibility index (Phi) is 4.49. The molecule has 0 radical (unpaired) electrons. The molecule has 4 nitrogen and oxygen atoms in total. The van der Waals surface area contributed by atoms with Crippen LogP contribution in [0.25, 0.3) is 33.1 Å². The molecule has 1 aliphatic carbocycles. The number of pyridine rings is 1. The summed E-state index contributed by atoms with van der Waals surface area (Å²) in [5.74, 6) is 0. The van der Waals surface area contributed by atoms with E-state index in [1.807, 2.05) is 30.3 Å². The molecule has 1 aliphatic rings. The largest absolute Gasteiger partial charge is 0.354 e. The zero-order valence-corrected chi connectivity index (χ0v) is 15.9. The van der Waals surface area contributed by atoms with E-state index >= 15 is 0 Å². The molecule has 142 valence electrons. The Bertz CT molecular complexity index is 1180. The molecule has 0 bridgehead atoms. The molecule has 0 aliphatic heterocycles. The van der Waals surface area contributed by atoms with Crippen molar-refractivity contribution in [1.82, 2.24) is 15.3 Å². The summed E-state index contributed by atoms with van der Waals surface area (Å²) in [6.07, 6.45) is 6.66. The molecule has 5 rings (SSSR count). The zero-order chi connectivity index (χ0) is 18.9. The summed E-state index contributed by atoms with van der Waals surface area (Å²) in [5, 5.41) is 5.88. The first-order valence-electron chi connectivity index (χ1n) is 10.2. The maximum absolute atomic E-state index is 12.6. The lowest BCUT2D eigenvalue weighted by Crippen LogP contribution is -2.30. The van der Waals surface area contributed by atoms with Gasteiger partial charge >= 0.3 is 0 Å². The monoisotopic (exact) mass is 371 g/mol. The Balaban J connectivity index is 1.43. The number of nitrogens with one attached hydrogen (secondary N) is 3. The molecule has 28 heavy (non-hydrogen) atoms. The highest BCUT2D eigenvalue weighted by atomic mass is 16.1. The number of benzene rings is 2. The van der Waals surface area contributed by atoms with E-state index in [-0.39, 0.29) is 5.56 Å². The highest BCUT2D eigenvalue weighted by molar-refractivity contribution is 5.89. The van der Waals surface area contributed by atoms with Gasteiger partial charge in [0, 0.05) is 29.0 Å². The summed E-state index contributed by atoms with van der Waals surface area (Å²) < 4.78 is 0. The molecule has 1 saturated carbocycles. The molecule has 3 N–H and O–H groups in total. The third-order valence-electron chi connectivity index (χ3n) is 5.93. The first kappa shape index (κ1) is 17.3. The first-order valence-corrected chi connectivity index (χ1v) is 10.2. The highest BCUT2D eigenvalue weighted by Crippen LogP contribution is 2.25. The highest BCUT2D eigenvalue weighted by Gasteiger charge is 2.13. The molecule has 1 fully saturated rings. The predicted molar refractivity (Wildman–Crippen MR) is 116 cm³/mol. The van der Waals surface area contributed by atoms with Crippen LogP contribution in [0.5, 0.6) is 0 Å². The zero-order valence-electron chi connectivity index (χ0n) is 15.9. The van der Waals surface area contributed by atoms with E-state index < -0.39 is 0 Å². The van der Waals surface area contributed by atoms with Gasteiger partial charge in [0.2, 0.25) is 0 Å². The van der Waals surface area contributed by atoms with Gasteiger partial charge in [-0.05, 0) is 54.1 Å². The SMILES string of the molecule is O=c1[nH]c2ccccc2cc1-c1cc2cc(CNC3CCCCC3)ccc2[nH]1. The van der Waals surface area contributed by atoms with Gasteiger partial charge in [0.05, 0.1) is 11.3 Å². The van der Waals surface area contributed by atoms with Gasteiger partial charge in [-0.3, -0.25) is 4.79 Å². The molecular weight excluding hydrogens is 346 g/mol. The van der Waals surface area contributed by atoms with Crippen molar-refractivity contribution < 1.29 is 0 Å². The smallest absolute Gasteiger partial charge is 0.257 e. The fraction of sp³-hybridized carbons (Fsp3) is 0.292. The second-order valence-corrected chi connectivity index (χ2v) is 7.92. The maximum Gasteiger partial charge on any atom is 0.257 e. The number of hydrogen-bond donors (Lipinski definition) is 3. The molecule has 0 unspecified atom stereocenters. The van der Waals surface area contributed by atoms with E-state index in [9.17, 15) is 4.79 Å². The van der Waals surface area contributed by atoms with Crippen molar-refractivity contribution in [3.63, 3.8) is 0 Å². The number of rotatable bonds is 4. The van der Waals surface area contributed by atoms with E-state index in [1.54, 1.807) is 0 Å². The van der Waals surface area contributed by atoms with Crippen LogP contribution in [-0.4, -0.2) is 16.0 Å². The third-order valence-corrected chi connectivity index (χ3v) is 5.93. The van der Waals surface area contributed by atoms with E-state index in [4.69, 9.17) is 0 Å². The Hall–Kier alpha value is -2.85. The van der Waals surface area contributed by atoms with Crippen LogP contribution in [0.4, 0.5) is 0 Å². The van der Waals surface area contributed by atoms with Gasteiger partial charge in [0.1, 0.15) is 0 Å². The average molecular weight is 371 g/mol. The second kappa shape index (κ2) is 7.28. The fourth-order valence-electron chi connectivity index (χ4n) is 4.35. The number of aromatic nitrogens is 2. The topological polar surface area (TPSA) is 60.7 Å². The molecule has 2 aromatic carbocycles. The summed E-state index contributed by atoms with van der Waals surface area (Å²) in [6, 6.07) is 19.1. The van der Waals surface area contributed by atoms with Crippen molar-refractivity contribution in [1.29, 1.82) is 0 Å². The number of aromatic amines is 2. The summed E-state index contributed by atoms with van der Waals surface area (Å²) in [6.45, 7) is 0.900. The van der Waals surface area contributed by atoms with Gasteiger partial charge in [0.15, 0.2) is 0 Å². The Morgan fingerprint density at radius 2 is 1.68 bits per heavy atom. The van der Waals surface area contributed by atoms with E-state index in [1.165, 1.54) is 37.7 Å². The van der Waals surface area contributed by atoms with Crippen molar-refractivity contribution >= 4 is 21.8 Å². The van der Waals surface area contributed by atoms with Gasteiger partial charge in [0.25, 0.3) is 5.56 Å². The van der Waals surface area contributed by atoms with E-state index in [2.05, 4.69) is 39.6 Å². The Morgan fingerprint density at radius 1 is 0.857 bits per heavy atom. The minimum Gasteiger partial charge on any atom is -0.354 e. The minimum atomic E-state index is -0.0653. The average Bonchev–Trinajstić information content (AvgIpc) is 3.15. The standard InChI is InChI=1S/C24H25N3O/c28-24-20(13-17-6-4-5-9-21(17)27-24)23-14-18-12-16(10-11-22(18)26-23)15-25-19-7-2-1-3-8-19/h4-6,9-14,19,25-26H,1-3,7-8,15H2,(H,27,28). The molecule has 4 aromatic rings. The summed E-state index contributed by atoms with van der Waals surface area (Å²) >= 11 is 0. The summed E-state index contributed by atoms with van der Waals surface area (Å²) in [5.41, 5.74) is 4.68. The van der Waals surface area contributed by atoms with Crippen LogP contribution in [0.3, 0.4) is 0 Å². The van der Waals surface area contributed by atoms with Crippen LogP contribution in [0.2, 0.25) is 0 Å². The van der Waals surface area contributed by atoms with Crippen molar-refractivity contribution in [3.05, 3.63) is 70.5 Å².